The Morgan fingerprint density at radius 2 is 1.48 bits per heavy atom. The number of carbonyl (C=O) groups is 1. The van der Waals surface area contributed by atoms with E-state index in [4.69, 9.17) is 0 Å². The minimum atomic E-state index is 0.244. The zero-order valence-corrected chi connectivity index (χ0v) is 14.8. The van der Waals surface area contributed by atoms with E-state index < -0.39 is 0 Å². The van der Waals surface area contributed by atoms with Crippen molar-refractivity contribution in [1.29, 1.82) is 0 Å². The molecule has 1 heteroatoms. The quantitative estimate of drug-likeness (QED) is 0.270. The highest BCUT2D eigenvalue weighted by Gasteiger charge is 2.06. The van der Waals surface area contributed by atoms with Gasteiger partial charge in [-0.2, -0.15) is 0 Å². The van der Waals surface area contributed by atoms with E-state index in [2.05, 4.69) is 33.8 Å². The van der Waals surface area contributed by atoms with Gasteiger partial charge >= 0.3 is 0 Å². The molecule has 0 amide bonds. The van der Waals surface area contributed by atoms with Crippen LogP contribution in [0.4, 0.5) is 0 Å². The number of ketones is 1. The lowest BCUT2D eigenvalue weighted by molar-refractivity contribution is -0.111. The summed E-state index contributed by atoms with van der Waals surface area (Å²) in [5.74, 6) is 0.244. The molecule has 0 rings (SSSR count). The number of allylic oxidation sites excluding steroid dienone is 4. The van der Waals surface area contributed by atoms with Crippen LogP contribution in [-0.4, -0.2) is 5.78 Å². The molecule has 0 aromatic carbocycles. The molecule has 0 bridgehead atoms. The Bertz CT molecular complexity index is 323. The summed E-state index contributed by atoms with van der Waals surface area (Å²) >= 11 is 0. The first-order valence-corrected chi connectivity index (χ1v) is 9.06. The summed E-state index contributed by atoms with van der Waals surface area (Å²) < 4.78 is 0. The third-order valence-corrected chi connectivity index (χ3v) is 3.82. The van der Waals surface area contributed by atoms with Crippen LogP contribution in [0, 0.1) is 0 Å². The predicted octanol–water partition coefficient (Wildman–Crippen LogP) is 6.78. The van der Waals surface area contributed by atoms with Crippen molar-refractivity contribution in [1.82, 2.24) is 0 Å². The van der Waals surface area contributed by atoms with E-state index in [1.165, 1.54) is 44.1 Å². The molecule has 0 atom stereocenters. The Morgan fingerprint density at radius 1 is 0.810 bits per heavy atom. The summed E-state index contributed by atoms with van der Waals surface area (Å²) in [7, 11) is 0. The molecule has 21 heavy (non-hydrogen) atoms. The fraction of sp³-hybridized carbons (Fsp3) is 0.750. The van der Waals surface area contributed by atoms with Crippen LogP contribution in [0.3, 0.4) is 0 Å². The fourth-order valence-electron chi connectivity index (χ4n) is 2.49. The molecule has 0 aromatic rings. The largest absolute Gasteiger partial charge is 0.290 e. The third-order valence-electron chi connectivity index (χ3n) is 3.82. The molecule has 0 spiro atoms. The van der Waals surface area contributed by atoms with Gasteiger partial charge in [0.15, 0.2) is 5.78 Å². The summed E-state index contributed by atoms with van der Waals surface area (Å²) in [5.41, 5.74) is 2.26. The molecule has 0 saturated carbocycles. The maximum absolute atomic E-state index is 12.3. The van der Waals surface area contributed by atoms with Gasteiger partial charge in [0.05, 0.1) is 0 Å². The van der Waals surface area contributed by atoms with Gasteiger partial charge in [0.25, 0.3) is 0 Å². The zero-order valence-electron chi connectivity index (χ0n) is 14.8. The second-order valence-corrected chi connectivity index (χ2v) is 6.14. The SMILES string of the molecule is CCC/C=C(\CCC)C(=O)/C=C(\C)CCCCCCCC. The molecule has 0 N–H and O–H groups in total. The van der Waals surface area contributed by atoms with Crippen LogP contribution in [0.2, 0.25) is 0 Å². The zero-order chi connectivity index (χ0) is 15.9. The molecule has 0 heterocycles. The smallest absolute Gasteiger partial charge is 0.181 e. The highest BCUT2D eigenvalue weighted by atomic mass is 16.1. The van der Waals surface area contributed by atoms with Crippen LogP contribution in [0.15, 0.2) is 23.3 Å². The van der Waals surface area contributed by atoms with Gasteiger partial charge in [0.2, 0.25) is 0 Å². The average molecular weight is 293 g/mol. The van der Waals surface area contributed by atoms with Crippen molar-refractivity contribution in [2.75, 3.05) is 0 Å². The van der Waals surface area contributed by atoms with Crippen molar-refractivity contribution >= 4 is 5.78 Å². The van der Waals surface area contributed by atoms with Crippen LogP contribution in [0.25, 0.3) is 0 Å². The molecule has 0 fully saturated rings. The van der Waals surface area contributed by atoms with E-state index in [0.717, 1.165) is 37.7 Å². The van der Waals surface area contributed by atoms with Crippen LogP contribution >= 0.6 is 0 Å². The van der Waals surface area contributed by atoms with E-state index in [1.54, 1.807) is 0 Å². The van der Waals surface area contributed by atoms with Gasteiger partial charge in [-0.15, -0.1) is 0 Å². The Kier molecular flexibility index (Phi) is 13.5. The lowest BCUT2D eigenvalue weighted by Gasteiger charge is -2.05. The second kappa shape index (κ2) is 14.1. The van der Waals surface area contributed by atoms with Crippen molar-refractivity contribution < 1.29 is 4.79 Å². The summed E-state index contributed by atoms with van der Waals surface area (Å²) in [5, 5.41) is 0. The molecule has 122 valence electrons. The summed E-state index contributed by atoms with van der Waals surface area (Å²) in [6.07, 6.45) is 17.1. The number of unbranched alkanes of at least 4 members (excludes halogenated alkanes) is 6. The highest BCUT2D eigenvalue weighted by Crippen LogP contribution is 2.14. The lowest BCUT2D eigenvalue weighted by Crippen LogP contribution is -2.00. The van der Waals surface area contributed by atoms with E-state index in [0.29, 0.717) is 0 Å². The van der Waals surface area contributed by atoms with Gasteiger partial charge in [-0.25, -0.2) is 0 Å². The summed E-state index contributed by atoms with van der Waals surface area (Å²) in [6.45, 7) is 8.65. The number of hydrogen-bond donors (Lipinski definition) is 0. The minimum absolute atomic E-state index is 0.244. The van der Waals surface area contributed by atoms with Gasteiger partial charge in [0, 0.05) is 0 Å². The average Bonchev–Trinajstić information content (AvgIpc) is 2.47. The molecule has 1 nitrogen and oxygen atoms in total. The van der Waals surface area contributed by atoms with Crippen molar-refractivity contribution in [2.45, 2.75) is 98.3 Å². The normalized spacial score (nSPS) is 12.8. The first kappa shape index (κ1) is 20.1. The monoisotopic (exact) mass is 292 g/mol. The van der Waals surface area contributed by atoms with Crippen LogP contribution < -0.4 is 0 Å². The standard InChI is InChI=1S/C20H36O/c1-5-8-10-11-12-13-15-18(4)17-20(21)19(14-7-3)16-9-6-2/h16-17H,5-15H2,1-4H3/b18-17+,19-16+. The van der Waals surface area contributed by atoms with E-state index >= 15 is 0 Å². The summed E-state index contributed by atoms with van der Waals surface area (Å²) in [4.78, 5) is 12.3. The number of carbonyl (C=O) groups excluding carboxylic acids is 1. The van der Waals surface area contributed by atoms with Gasteiger partial charge in [-0.1, -0.05) is 77.4 Å². The molecule has 0 aliphatic heterocycles. The highest BCUT2D eigenvalue weighted by molar-refractivity contribution is 6.04. The number of rotatable bonds is 13. The number of hydrogen-bond acceptors (Lipinski definition) is 1. The minimum Gasteiger partial charge on any atom is -0.290 e. The van der Waals surface area contributed by atoms with E-state index in [9.17, 15) is 4.79 Å². The van der Waals surface area contributed by atoms with Gasteiger partial charge < -0.3 is 0 Å². The van der Waals surface area contributed by atoms with Crippen LogP contribution in [0.1, 0.15) is 98.3 Å². The second-order valence-electron chi connectivity index (χ2n) is 6.14. The van der Waals surface area contributed by atoms with Crippen LogP contribution in [-0.2, 0) is 4.79 Å². The molecule has 0 unspecified atom stereocenters. The first-order valence-electron chi connectivity index (χ1n) is 9.06. The maximum Gasteiger partial charge on any atom is 0.181 e. The molecular weight excluding hydrogens is 256 g/mol. The molecular formula is C20H36O. The van der Waals surface area contributed by atoms with Crippen molar-refractivity contribution in [3.8, 4) is 0 Å². The molecule has 0 aliphatic carbocycles. The Hall–Kier alpha value is -0.850. The summed E-state index contributed by atoms with van der Waals surface area (Å²) in [6, 6.07) is 0. The van der Waals surface area contributed by atoms with E-state index in [-0.39, 0.29) is 5.78 Å². The predicted molar refractivity (Wildman–Crippen MR) is 94.7 cm³/mol. The fourth-order valence-corrected chi connectivity index (χ4v) is 2.49. The molecule has 0 aromatic heterocycles. The maximum atomic E-state index is 12.3. The Labute approximate surface area is 132 Å². The molecule has 0 radical (unpaired) electrons. The van der Waals surface area contributed by atoms with E-state index in [1.807, 2.05) is 6.08 Å². The van der Waals surface area contributed by atoms with Gasteiger partial charge in [-0.3, -0.25) is 4.79 Å². The van der Waals surface area contributed by atoms with Gasteiger partial charge in [-0.05, 0) is 44.3 Å². The van der Waals surface area contributed by atoms with Crippen LogP contribution in [0.5, 0.6) is 0 Å². The third kappa shape index (κ3) is 11.5. The van der Waals surface area contributed by atoms with Crippen molar-refractivity contribution in [3.63, 3.8) is 0 Å². The first-order chi connectivity index (χ1) is 10.2. The van der Waals surface area contributed by atoms with Gasteiger partial charge in [0.1, 0.15) is 0 Å². The van der Waals surface area contributed by atoms with Crippen molar-refractivity contribution in [2.24, 2.45) is 0 Å². The topological polar surface area (TPSA) is 17.1 Å². The molecule has 0 saturated heterocycles. The Morgan fingerprint density at radius 3 is 2.10 bits per heavy atom. The Balaban J connectivity index is 4.16. The van der Waals surface area contributed by atoms with Crippen molar-refractivity contribution in [3.05, 3.63) is 23.3 Å². The molecule has 0 aliphatic rings. The lowest BCUT2D eigenvalue weighted by atomic mass is 10.00.